The summed E-state index contributed by atoms with van der Waals surface area (Å²) < 4.78 is 11.6. The van der Waals surface area contributed by atoms with Crippen molar-refractivity contribution in [2.75, 3.05) is 19.0 Å². The third-order valence-corrected chi connectivity index (χ3v) is 5.20. The van der Waals surface area contributed by atoms with Gasteiger partial charge in [-0.25, -0.2) is 0 Å². The number of methoxy groups -OCH3 is 1. The average Bonchev–Trinajstić information content (AvgIpc) is 2.82. The fraction of sp³-hybridized carbons (Fsp3) is 0.0833. The Morgan fingerprint density at radius 1 is 1.15 bits per heavy atom. The average molecular weight is 508 g/mol. The number of nitrogens with zero attached hydrogens (tertiary/aromatic N) is 2. The lowest BCUT2D eigenvalue weighted by Gasteiger charge is -2.13. The van der Waals surface area contributed by atoms with Crippen molar-refractivity contribution in [3.8, 4) is 17.6 Å². The Morgan fingerprint density at radius 3 is 2.45 bits per heavy atom. The van der Waals surface area contributed by atoms with Gasteiger partial charge in [0.05, 0.1) is 23.7 Å². The van der Waals surface area contributed by atoms with E-state index < -0.39 is 4.92 Å². The van der Waals surface area contributed by atoms with E-state index in [9.17, 15) is 20.2 Å². The van der Waals surface area contributed by atoms with Gasteiger partial charge in [0.25, 0.3) is 11.6 Å². The van der Waals surface area contributed by atoms with Gasteiger partial charge in [0.1, 0.15) is 0 Å². The zero-order valence-electron chi connectivity index (χ0n) is 17.4. The second-order valence-corrected chi connectivity index (χ2v) is 7.56. The van der Waals surface area contributed by atoms with Gasteiger partial charge in [0.2, 0.25) is 0 Å². The molecule has 0 heterocycles. The summed E-state index contributed by atoms with van der Waals surface area (Å²) in [5, 5.41) is 23.2. The Morgan fingerprint density at radius 2 is 1.85 bits per heavy atom. The maximum absolute atomic E-state index is 12.2. The molecule has 0 aromatic heterocycles. The molecular formula is C24H18BrN3O5. The Hall–Kier alpha value is -4.16. The van der Waals surface area contributed by atoms with Gasteiger partial charge in [-0.1, -0.05) is 34.1 Å². The third kappa shape index (κ3) is 6.18. The number of nitriles is 1. The van der Waals surface area contributed by atoms with Crippen LogP contribution in [0.5, 0.6) is 11.5 Å². The van der Waals surface area contributed by atoms with E-state index in [2.05, 4.69) is 27.3 Å². The second kappa shape index (κ2) is 10.9. The summed E-state index contributed by atoms with van der Waals surface area (Å²) in [6.45, 7) is -0.223. The number of benzene rings is 3. The lowest BCUT2D eigenvalue weighted by Crippen LogP contribution is -2.20. The highest BCUT2D eigenvalue weighted by molar-refractivity contribution is 9.10. The zero-order valence-corrected chi connectivity index (χ0v) is 19.0. The number of para-hydroxylation sites is 1. The number of hydrogen-bond acceptors (Lipinski definition) is 6. The molecule has 0 spiro atoms. The topological polar surface area (TPSA) is 114 Å². The van der Waals surface area contributed by atoms with Crippen LogP contribution in [0.1, 0.15) is 11.1 Å². The number of hydrogen-bond donors (Lipinski definition) is 1. The predicted octanol–water partition coefficient (Wildman–Crippen LogP) is 5.45. The summed E-state index contributed by atoms with van der Waals surface area (Å²) in [4.78, 5) is 22.5. The van der Waals surface area contributed by atoms with Crippen LogP contribution in [0.4, 0.5) is 11.4 Å². The molecule has 0 atom stereocenters. The number of nitro groups is 1. The first-order chi connectivity index (χ1) is 15.9. The minimum Gasteiger partial charge on any atom is -0.493 e. The van der Waals surface area contributed by atoms with Crippen molar-refractivity contribution in [2.24, 2.45) is 0 Å². The molecule has 0 aliphatic heterocycles. The highest BCUT2D eigenvalue weighted by atomic mass is 79.9. The van der Waals surface area contributed by atoms with E-state index in [0.29, 0.717) is 38.4 Å². The molecule has 1 N–H and O–H groups in total. The molecule has 3 rings (SSSR count). The summed E-state index contributed by atoms with van der Waals surface area (Å²) in [7, 11) is 1.47. The Labute approximate surface area is 198 Å². The van der Waals surface area contributed by atoms with Gasteiger partial charge < -0.3 is 14.8 Å². The number of halogens is 1. The first-order valence-electron chi connectivity index (χ1n) is 9.63. The fourth-order valence-corrected chi connectivity index (χ4v) is 3.33. The van der Waals surface area contributed by atoms with Crippen molar-refractivity contribution in [3.05, 3.63) is 92.4 Å². The van der Waals surface area contributed by atoms with Crippen molar-refractivity contribution in [2.45, 2.75) is 0 Å². The van der Waals surface area contributed by atoms with Gasteiger partial charge in [-0.3, -0.25) is 14.9 Å². The molecule has 1 amide bonds. The Bertz CT molecular complexity index is 1240. The summed E-state index contributed by atoms with van der Waals surface area (Å²) in [6.07, 6.45) is 1.62. The molecule has 3 aromatic rings. The lowest BCUT2D eigenvalue weighted by molar-refractivity contribution is -0.384. The summed E-state index contributed by atoms with van der Waals surface area (Å²) >= 11 is 3.45. The second-order valence-electron chi connectivity index (χ2n) is 6.70. The van der Waals surface area contributed by atoms with Crippen LogP contribution >= 0.6 is 15.9 Å². The van der Waals surface area contributed by atoms with Gasteiger partial charge in [-0.2, -0.15) is 5.26 Å². The summed E-state index contributed by atoms with van der Waals surface area (Å²) in [5.74, 6) is 0.393. The monoisotopic (exact) mass is 507 g/mol. The summed E-state index contributed by atoms with van der Waals surface area (Å²) in [6, 6.07) is 20.1. The first-order valence-corrected chi connectivity index (χ1v) is 10.4. The molecule has 0 radical (unpaired) electrons. The van der Waals surface area contributed by atoms with Crippen molar-refractivity contribution in [1.29, 1.82) is 5.26 Å². The number of carbonyl (C=O) groups is 1. The largest absolute Gasteiger partial charge is 0.493 e. The minimum absolute atomic E-state index is 0.0586. The van der Waals surface area contributed by atoms with E-state index in [1.165, 1.54) is 31.4 Å². The smallest absolute Gasteiger partial charge is 0.269 e. The van der Waals surface area contributed by atoms with Crippen LogP contribution in [0, 0.1) is 21.4 Å². The van der Waals surface area contributed by atoms with Gasteiger partial charge in [-0.15, -0.1) is 0 Å². The summed E-state index contributed by atoms with van der Waals surface area (Å²) in [5.41, 5.74) is 2.07. The molecule has 33 heavy (non-hydrogen) atoms. The molecular weight excluding hydrogens is 490 g/mol. The molecule has 0 saturated heterocycles. The van der Waals surface area contributed by atoms with E-state index in [-0.39, 0.29) is 18.2 Å². The van der Waals surface area contributed by atoms with Crippen LogP contribution in [-0.4, -0.2) is 24.5 Å². The number of amides is 1. The quantitative estimate of drug-likeness (QED) is 0.187. The van der Waals surface area contributed by atoms with Crippen LogP contribution in [0.2, 0.25) is 0 Å². The van der Waals surface area contributed by atoms with Crippen LogP contribution < -0.4 is 14.8 Å². The molecule has 0 saturated carbocycles. The SMILES string of the molecule is COc1cc(/C=C(/C#N)c2ccc([N+](=O)[O-])cc2)c(Br)cc1OCC(=O)Nc1ccccc1. The lowest BCUT2D eigenvalue weighted by atomic mass is 10.0. The van der Waals surface area contributed by atoms with Crippen molar-refractivity contribution < 1.29 is 19.2 Å². The molecule has 0 aliphatic carbocycles. The standard InChI is InChI=1S/C24H18BrN3O5/c1-32-22-12-17(11-18(14-26)16-7-9-20(10-8-16)28(30)31)21(25)13-23(22)33-15-24(29)27-19-5-3-2-4-6-19/h2-13H,15H2,1H3,(H,27,29)/b18-11-. The third-order valence-electron chi connectivity index (χ3n) is 4.51. The van der Waals surface area contributed by atoms with Crippen LogP contribution in [-0.2, 0) is 4.79 Å². The molecule has 0 aliphatic rings. The fourth-order valence-electron chi connectivity index (χ4n) is 2.89. The van der Waals surface area contributed by atoms with E-state index in [1.807, 2.05) is 18.2 Å². The Balaban J connectivity index is 1.79. The molecule has 8 nitrogen and oxygen atoms in total. The van der Waals surface area contributed by atoms with Crippen molar-refractivity contribution >= 4 is 44.9 Å². The molecule has 9 heteroatoms. The minimum atomic E-state index is -0.500. The van der Waals surface area contributed by atoms with Gasteiger partial charge >= 0.3 is 0 Å². The number of carbonyl (C=O) groups excluding carboxylic acids is 1. The number of nitrogens with one attached hydrogen (secondary N) is 1. The number of rotatable bonds is 8. The van der Waals surface area contributed by atoms with Gasteiger partial charge in [0.15, 0.2) is 18.1 Å². The van der Waals surface area contributed by atoms with E-state index in [1.54, 1.807) is 30.3 Å². The van der Waals surface area contributed by atoms with Crippen molar-refractivity contribution in [1.82, 2.24) is 0 Å². The highest BCUT2D eigenvalue weighted by Crippen LogP contribution is 2.35. The maximum atomic E-state index is 12.2. The van der Waals surface area contributed by atoms with E-state index in [0.717, 1.165) is 0 Å². The predicted molar refractivity (Wildman–Crippen MR) is 128 cm³/mol. The molecule has 166 valence electrons. The molecule has 0 bridgehead atoms. The Kier molecular flexibility index (Phi) is 7.78. The van der Waals surface area contributed by atoms with E-state index in [4.69, 9.17) is 9.47 Å². The molecule has 0 unspecified atom stereocenters. The van der Waals surface area contributed by atoms with Crippen LogP contribution in [0.3, 0.4) is 0 Å². The molecule has 0 fully saturated rings. The molecule has 3 aromatic carbocycles. The number of anilines is 1. The van der Waals surface area contributed by atoms with E-state index >= 15 is 0 Å². The maximum Gasteiger partial charge on any atom is 0.269 e. The van der Waals surface area contributed by atoms with Gasteiger partial charge in [-0.05, 0) is 53.6 Å². The number of allylic oxidation sites excluding steroid dienone is 1. The number of non-ortho nitro benzene ring substituents is 1. The zero-order chi connectivity index (χ0) is 23.8. The normalized spacial score (nSPS) is 10.8. The first kappa shape index (κ1) is 23.5. The van der Waals surface area contributed by atoms with Crippen LogP contribution in [0.15, 0.2) is 71.2 Å². The van der Waals surface area contributed by atoms with Crippen molar-refractivity contribution in [3.63, 3.8) is 0 Å². The highest BCUT2D eigenvalue weighted by Gasteiger charge is 2.13. The number of ether oxygens (including phenoxy) is 2. The number of nitro benzene ring substituents is 1. The van der Waals surface area contributed by atoms with Gasteiger partial charge in [0, 0.05) is 22.3 Å². The van der Waals surface area contributed by atoms with Crippen LogP contribution in [0.25, 0.3) is 11.6 Å².